The zero-order chi connectivity index (χ0) is 17.2. The Morgan fingerprint density at radius 3 is 2.67 bits per heavy atom. The maximum absolute atomic E-state index is 5.96. The van der Waals surface area contributed by atoms with Gasteiger partial charge in [0.15, 0.2) is 0 Å². The fraction of sp³-hybridized carbons (Fsp3) is 0.700. The van der Waals surface area contributed by atoms with Crippen molar-refractivity contribution >= 4 is 0 Å². The van der Waals surface area contributed by atoms with Crippen molar-refractivity contribution in [3.63, 3.8) is 0 Å². The van der Waals surface area contributed by atoms with E-state index in [1.54, 1.807) is 0 Å². The molecule has 0 saturated carbocycles. The topological polar surface area (TPSA) is 27.7 Å². The van der Waals surface area contributed by atoms with Gasteiger partial charge < -0.3 is 15.0 Å². The van der Waals surface area contributed by atoms with Gasteiger partial charge in [0.2, 0.25) is 0 Å². The Balaban J connectivity index is 1.44. The number of nitrogens with zero attached hydrogens (tertiary/aromatic N) is 2. The molecule has 0 bridgehead atoms. The van der Waals surface area contributed by atoms with Crippen LogP contribution in [0.5, 0.6) is 5.75 Å². The third-order valence-corrected chi connectivity index (χ3v) is 5.37. The Labute approximate surface area is 147 Å². The van der Waals surface area contributed by atoms with Crippen molar-refractivity contribution < 1.29 is 4.74 Å². The van der Waals surface area contributed by atoms with Crippen LogP contribution in [0, 0.1) is 0 Å². The van der Waals surface area contributed by atoms with E-state index in [0.717, 1.165) is 25.3 Å². The first-order valence-electron chi connectivity index (χ1n) is 9.45. The summed E-state index contributed by atoms with van der Waals surface area (Å²) < 4.78 is 5.96. The van der Waals surface area contributed by atoms with Gasteiger partial charge in [0.25, 0.3) is 0 Å². The van der Waals surface area contributed by atoms with Crippen LogP contribution in [-0.2, 0) is 13.0 Å². The van der Waals surface area contributed by atoms with Gasteiger partial charge in [0, 0.05) is 51.7 Å². The number of ether oxygens (including phenoxy) is 1. The lowest BCUT2D eigenvalue weighted by Gasteiger charge is -2.37. The molecule has 3 rings (SSSR count). The summed E-state index contributed by atoms with van der Waals surface area (Å²) in [5.41, 5.74) is 2.66. The molecule has 0 aromatic heterocycles. The Morgan fingerprint density at radius 2 is 1.96 bits per heavy atom. The van der Waals surface area contributed by atoms with Crippen molar-refractivity contribution in [2.24, 2.45) is 0 Å². The average Bonchev–Trinajstić information content (AvgIpc) is 2.88. The van der Waals surface area contributed by atoms with Gasteiger partial charge >= 0.3 is 0 Å². The first kappa shape index (κ1) is 17.7. The van der Waals surface area contributed by atoms with Crippen LogP contribution in [0.4, 0.5) is 0 Å². The first-order valence-corrected chi connectivity index (χ1v) is 9.45. The predicted octanol–water partition coefficient (Wildman–Crippen LogP) is 2.52. The summed E-state index contributed by atoms with van der Waals surface area (Å²) in [5, 5.41) is 3.64. The van der Waals surface area contributed by atoms with Crippen molar-refractivity contribution in [3.8, 4) is 5.75 Å². The smallest absolute Gasteiger partial charge is 0.123 e. The van der Waals surface area contributed by atoms with Crippen LogP contribution in [0.3, 0.4) is 0 Å². The van der Waals surface area contributed by atoms with Crippen LogP contribution >= 0.6 is 0 Å². The van der Waals surface area contributed by atoms with Gasteiger partial charge in [-0.25, -0.2) is 0 Å². The number of hydrogen-bond acceptors (Lipinski definition) is 4. The molecule has 1 aromatic carbocycles. The molecule has 1 fully saturated rings. The molecule has 0 radical (unpaired) electrons. The number of benzene rings is 1. The van der Waals surface area contributed by atoms with Crippen LogP contribution in [-0.4, -0.2) is 60.7 Å². The summed E-state index contributed by atoms with van der Waals surface area (Å²) >= 11 is 0. The number of rotatable bonds is 6. The third-order valence-electron chi connectivity index (χ3n) is 5.37. The lowest BCUT2D eigenvalue weighted by atomic mass is 10.0. The maximum Gasteiger partial charge on any atom is 0.123 e. The number of piperazine rings is 1. The van der Waals surface area contributed by atoms with Crippen LogP contribution in [0.15, 0.2) is 18.2 Å². The van der Waals surface area contributed by atoms with Crippen molar-refractivity contribution in [2.45, 2.75) is 52.3 Å². The minimum absolute atomic E-state index is 0.0521. The normalized spacial score (nSPS) is 22.2. The van der Waals surface area contributed by atoms with Crippen LogP contribution < -0.4 is 10.1 Å². The maximum atomic E-state index is 5.96. The van der Waals surface area contributed by atoms with Gasteiger partial charge in [-0.15, -0.1) is 0 Å². The average molecular weight is 332 g/mol. The molecule has 1 N–H and O–H groups in total. The van der Waals surface area contributed by atoms with Crippen molar-refractivity contribution in [2.75, 3.05) is 39.3 Å². The molecule has 2 aliphatic heterocycles. The van der Waals surface area contributed by atoms with Crippen LogP contribution in [0.2, 0.25) is 0 Å². The summed E-state index contributed by atoms with van der Waals surface area (Å²) in [6.45, 7) is 16.9. The van der Waals surface area contributed by atoms with Crippen molar-refractivity contribution in [1.29, 1.82) is 0 Å². The van der Waals surface area contributed by atoms with E-state index >= 15 is 0 Å². The second-order valence-corrected chi connectivity index (χ2v) is 7.93. The standard InChI is InChI=1S/C20H33N3O/c1-5-22-8-10-23(11-9-22)16(2)14-21-15-17-6-7-19-18(12-17)13-20(3,4)24-19/h6-7,12,16,21H,5,8-11,13-15H2,1-4H3. The second kappa shape index (κ2) is 7.42. The number of likely N-dealkylation sites (N-methyl/N-ethyl adjacent to an activating group) is 1. The monoisotopic (exact) mass is 331 g/mol. The number of hydrogen-bond donors (Lipinski definition) is 1. The highest BCUT2D eigenvalue weighted by molar-refractivity contribution is 5.41. The third kappa shape index (κ3) is 4.29. The Kier molecular flexibility index (Phi) is 5.48. The van der Waals surface area contributed by atoms with Gasteiger partial charge in [-0.3, -0.25) is 4.90 Å². The van der Waals surface area contributed by atoms with Gasteiger partial charge in [0.1, 0.15) is 11.4 Å². The SMILES string of the molecule is CCN1CCN(C(C)CNCc2ccc3c(c2)CC(C)(C)O3)CC1. The number of nitrogens with one attached hydrogen (secondary N) is 1. The molecule has 1 saturated heterocycles. The van der Waals surface area contributed by atoms with Crippen molar-refractivity contribution in [3.05, 3.63) is 29.3 Å². The molecule has 0 amide bonds. The van der Waals surface area contributed by atoms with Gasteiger partial charge in [0.05, 0.1) is 0 Å². The minimum Gasteiger partial charge on any atom is -0.487 e. The van der Waals surface area contributed by atoms with Crippen LogP contribution in [0.25, 0.3) is 0 Å². The largest absolute Gasteiger partial charge is 0.487 e. The molecular weight excluding hydrogens is 298 g/mol. The summed E-state index contributed by atoms with van der Waals surface area (Å²) in [6, 6.07) is 7.23. The lowest BCUT2D eigenvalue weighted by Crippen LogP contribution is -2.51. The Hall–Kier alpha value is -1.10. The molecule has 24 heavy (non-hydrogen) atoms. The highest BCUT2D eigenvalue weighted by Gasteiger charge is 2.29. The fourth-order valence-corrected chi connectivity index (χ4v) is 3.85. The minimum atomic E-state index is -0.0521. The summed E-state index contributed by atoms with van der Waals surface area (Å²) in [7, 11) is 0. The molecule has 4 nitrogen and oxygen atoms in total. The van der Waals surface area contributed by atoms with Gasteiger partial charge in [-0.1, -0.05) is 19.1 Å². The molecule has 1 aromatic rings. The molecule has 1 unspecified atom stereocenters. The Morgan fingerprint density at radius 1 is 1.21 bits per heavy atom. The molecule has 2 heterocycles. The van der Waals surface area contributed by atoms with Crippen LogP contribution in [0.1, 0.15) is 38.8 Å². The molecule has 4 heteroatoms. The first-order chi connectivity index (χ1) is 11.5. The quantitative estimate of drug-likeness (QED) is 0.867. The Bertz CT molecular complexity index is 550. The lowest BCUT2D eigenvalue weighted by molar-refractivity contribution is 0.105. The van der Waals surface area contributed by atoms with Crippen molar-refractivity contribution in [1.82, 2.24) is 15.1 Å². The number of fused-ring (bicyclic) bond motifs is 1. The summed E-state index contributed by atoms with van der Waals surface area (Å²) in [4.78, 5) is 5.14. The molecule has 134 valence electrons. The van der Waals surface area contributed by atoms with E-state index in [-0.39, 0.29) is 5.60 Å². The van der Waals surface area contributed by atoms with Gasteiger partial charge in [-0.05, 0) is 44.5 Å². The van der Waals surface area contributed by atoms with E-state index in [2.05, 4.69) is 61.0 Å². The molecule has 1 atom stereocenters. The molecule has 0 spiro atoms. The van der Waals surface area contributed by atoms with E-state index < -0.39 is 0 Å². The van der Waals surface area contributed by atoms with E-state index in [4.69, 9.17) is 4.74 Å². The predicted molar refractivity (Wildman–Crippen MR) is 99.7 cm³/mol. The van der Waals surface area contributed by atoms with E-state index in [1.807, 2.05) is 0 Å². The summed E-state index contributed by atoms with van der Waals surface area (Å²) in [6.07, 6.45) is 1.01. The fourth-order valence-electron chi connectivity index (χ4n) is 3.85. The summed E-state index contributed by atoms with van der Waals surface area (Å²) in [5.74, 6) is 1.06. The second-order valence-electron chi connectivity index (χ2n) is 7.93. The molecular formula is C20H33N3O. The van der Waals surface area contributed by atoms with E-state index in [9.17, 15) is 0 Å². The zero-order valence-corrected chi connectivity index (χ0v) is 15.8. The van der Waals surface area contributed by atoms with Gasteiger partial charge in [-0.2, -0.15) is 0 Å². The van der Waals surface area contributed by atoms with E-state index in [1.165, 1.54) is 43.9 Å². The highest BCUT2D eigenvalue weighted by Crippen LogP contribution is 2.35. The highest BCUT2D eigenvalue weighted by atomic mass is 16.5. The zero-order valence-electron chi connectivity index (χ0n) is 15.8. The molecule has 2 aliphatic rings. The van der Waals surface area contributed by atoms with E-state index in [0.29, 0.717) is 6.04 Å². The molecule has 0 aliphatic carbocycles.